The minimum Gasteiger partial charge on any atom is -0.733 e. The summed E-state index contributed by atoms with van der Waals surface area (Å²) in [6.45, 7) is 1.68. The number of aryl methyl sites for hydroxylation is 1. The van der Waals surface area contributed by atoms with Crippen molar-refractivity contribution in [1.29, 1.82) is 5.26 Å². The molecule has 1 aromatic rings. The lowest BCUT2D eigenvalue weighted by molar-refractivity contribution is 0.296. The van der Waals surface area contributed by atoms with E-state index < -0.39 is 0 Å². The third kappa shape index (κ3) is 1.53. The van der Waals surface area contributed by atoms with Crippen LogP contribution in [-0.2, 0) is 0 Å². The summed E-state index contributed by atoms with van der Waals surface area (Å²) in [6, 6.07) is 6.40. The second-order valence-electron chi connectivity index (χ2n) is 2.39. The summed E-state index contributed by atoms with van der Waals surface area (Å²) in [5.74, 6) is 0. The van der Waals surface area contributed by atoms with Crippen LogP contribution in [0.15, 0.2) is 18.2 Å². The van der Waals surface area contributed by atoms with Crippen molar-refractivity contribution in [2.75, 3.05) is 5.23 Å². The molecular weight excluding hydrogens is 156 g/mol. The largest absolute Gasteiger partial charge is 0.733 e. The SMILES string of the molecule is Cc1ccc(C#N)cc1N([O-])O. The maximum Gasteiger partial charge on any atom is 0.0992 e. The van der Waals surface area contributed by atoms with Crippen LogP contribution >= 0.6 is 0 Å². The fourth-order valence-corrected chi connectivity index (χ4v) is 0.885. The third-order valence-corrected chi connectivity index (χ3v) is 1.54. The summed E-state index contributed by atoms with van der Waals surface area (Å²) >= 11 is 0. The zero-order valence-corrected chi connectivity index (χ0v) is 6.48. The molecule has 0 aliphatic carbocycles. The number of hydrogen-bond donors (Lipinski definition) is 1. The Morgan fingerprint density at radius 1 is 1.58 bits per heavy atom. The quantitative estimate of drug-likeness (QED) is 0.637. The van der Waals surface area contributed by atoms with E-state index in [1.54, 1.807) is 19.1 Å². The zero-order chi connectivity index (χ0) is 9.14. The molecular formula is C8H7N2O2-. The van der Waals surface area contributed by atoms with Crippen molar-refractivity contribution >= 4 is 5.69 Å². The lowest BCUT2D eigenvalue weighted by Crippen LogP contribution is -2.08. The Morgan fingerprint density at radius 2 is 2.25 bits per heavy atom. The molecule has 0 aliphatic heterocycles. The molecule has 0 aromatic heterocycles. The molecule has 0 fully saturated rings. The van der Waals surface area contributed by atoms with Crippen LogP contribution in [0.2, 0.25) is 0 Å². The van der Waals surface area contributed by atoms with E-state index >= 15 is 0 Å². The topological polar surface area (TPSA) is 70.3 Å². The van der Waals surface area contributed by atoms with Gasteiger partial charge in [0.2, 0.25) is 0 Å². The normalized spacial score (nSPS) is 9.17. The molecule has 4 nitrogen and oxygen atoms in total. The Morgan fingerprint density at radius 3 is 2.75 bits per heavy atom. The van der Waals surface area contributed by atoms with Gasteiger partial charge in [0, 0.05) is 0 Å². The molecule has 0 amide bonds. The molecule has 0 radical (unpaired) electrons. The monoisotopic (exact) mass is 163 g/mol. The van der Waals surface area contributed by atoms with Crippen molar-refractivity contribution in [3.05, 3.63) is 34.5 Å². The molecule has 4 heteroatoms. The Bertz CT molecular complexity index is 328. The molecule has 0 saturated heterocycles. The van der Waals surface area contributed by atoms with Crippen LogP contribution in [0.3, 0.4) is 0 Å². The third-order valence-electron chi connectivity index (χ3n) is 1.54. The maximum atomic E-state index is 10.5. The van der Waals surface area contributed by atoms with Crippen molar-refractivity contribution in [2.45, 2.75) is 6.92 Å². The highest BCUT2D eigenvalue weighted by Gasteiger charge is 1.99. The van der Waals surface area contributed by atoms with Crippen molar-refractivity contribution in [3.8, 4) is 6.07 Å². The van der Waals surface area contributed by atoms with Crippen molar-refractivity contribution < 1.29 is 5.21 Å². The first-order chi connectivity index (χ1) is 5.65. The lowest BCUT2D eigenvalue weighted by Gasteiger charge is -2.23. The summed E-state index contributed by atoms with van der Waals surface area (Å²) in [6.07, 6.45) is 0. The molecule has 0 heterocycles. The van der Waals surface area contributed by atoms with E-state index in [1.165, 1.54) is 6.07 Å². The maximum absolute atomic E-state index is 10.5. The second-order valence-corrected chi connectivity index (χ2v) is 2.39. The zero-order valence-electron chi connectivity index (χ0n) is 6.48. The number of nitriles is 1. The van der Waals surface area contributed by atoms with Gasteiger partial charge >= 0.3 is 0 Å². The van der Waals surface area contributed by atoms with Gasteiger partial charge in [-0.25, -0.2) is 0 Å². The summed E-state index contributed by atoms with van der Waals surface area (Å²) in [5.41, 5.74) is 1.09. The minimum absolute atomic E-state index is 0.106. The minimum atomic E-state index is -0.240. The first kappa shape index (κ1) is 8.53. The Kier molecular flexibility index (Phi) is 2.29. The predicted molar refractivity (Wildman–Crippen MR) is 43.5 cm³/mol. The van der Waals surface area contributed by atoms with Gasteiger partial charge in [-0.15, -0.1) is 0 Å². The van der Waals surface area contributed by atoms with Crippen molar-refractivity contribution in [2.24, 2.45) is 0 Å². The number of anilines is 1. The highest BCUT2D eigenvalue weighted by atomic mass is 16.8. The Labute approximate surface area is 69.8 Å². The van der Waals surface area contributed by atoms with Gasteiger partial charge in [0.25, 0.3) is 0 Å². The molecule has 1 N–H and O–H groups in total. The highest BCUT2D eigenvalue weighted by Crippen LogP contribution is 2.18. The average molecular weight is 163 g/mol. The van der Waals surface area contributed by atoms with E-state index in [0.717, 1.165) is 0 Å². The van der Waals surface area contributed by atoms with Crippen LogP contribution in [0, 0.1) is 23.5 Å². The first-order valence-corrected chi connectivity index (χ1v) is 3.32. The molecule has 0 bridgehead atoms. The molecule has 0 spiro atoms. The van der Waals surface area contributed by atoms with Gasteiger partial charge < -0.3 is 10.4 Å². The van der Waals surface area contributed by atoms with Gasteiger partial charge in [0.05, 0.1) is 17.3 Å². The molecule has 0 saturated carbocycles. The summed E-state index contributed by atoms with van der Waals surface area (Å²) in [7, 11) is 0. The van der Waals surface area contributed by atoms with E-state index in [0.29, 0.717) is 11.1 Å². The van der Waals surface area contributed by atoms with E-state index in [9.17, 15) is 5.21 Å². The van der Waals surface area contributed by atoms with Gasteiger partial charge in [-0.05, 0) is 24.6 Å². The highest BCUT2D eigenvalue weighted by molar-refractivity contribution is 5.55. The molecule has 0 aliphatic rings. The lowest BCUT2D eigenvalue weighted by atomic mass is 10.1. The summed E-state index contributed by atoms with van der Waals surface area (Å²) in [5, 5.41) is 27.3. The van der Waals surface area contributed by atoms with Gasteiger partial charge in [0.1, 0.15) is 0 Å². The smallest absolute Gasteiger partial charge is 0.0992 e. The van der Waals surface area contributed by atoms with Crippen LogP contribution in [0.25, 0.3) is 0 Å². The van der Waals surface area contributed by atoms with Crippen LogP contribution in [0.4, 0.5) is 5.69 Å². The number of nitrogens with zero attached hydrogens (tertiary/aromatic N) is 2. The number of rotatable bonds is 1. The van der Waals surface area contributed by atoms with E-state index in [1.807, 2.05) is 6.07 Å². The number of hydrogen-bond acceptors (Lipinski definition) is 4. The van der Waals surface area contributed by atoms with Gasteiger partial charge in [0.15, 0.2) is 0 Å². The molecule has 0 unspecified atom stereocenters. The van der Waals surface area contributed by atoms with Crippen LogP contribution in [0.1, 0.15) is 11.1 Å². The molecule has 1 aromatic carbocycles. The fraction of sp³-hybridized carbons (Fsp3) is 0.125. The summed E-state index contributed by atoms with van der Waals surface area (Å²) in [4.78, 5) is 0. The molecule has 1 rings (SSSR count). The van der Waals surface area contributed by atoms with Crippen molar-refractivity contribution in [1.82, 2.24) is 0 Å². The van der Waals surface area contributed by atoms with E-state index in [2.05, 4.69) is 0 Å². The summed E-state index contributed by atoms with van der Waals surface area (Å²) < 4.78 is 0. The van der Waals surface area contributed by atoms with Crippen LogP contribution in [-0.4, -0.2) is 5.21 Å². The van der Waals surface area contributed by atoms with Crippen LogP contribution in [0.5, 0.6) is 0 Å². The predicted octanol–water partition coefficient (Wildman–Crippen LogP) is 1.56. The number of benzene rings is 1. The second kappa shape index (κ2) is 3.22. The van der Waals surface area contributed by atoms with Gasteiger partial charge in [-0.2, -0.15) is 5.26 Å². The van der Waals surface area contributed by atoms with Gasteiger partial charge in [-0.1, -0.05) is 6.07 Å². The van der Waals surface area contributed by atoms with Crippen molar-refractivity contribution in [3.63, 3.8) is 0 Å². The standard InChI is InChI=1S/C8H7N2O2/c1-6-2-3-7(5-9)4-8(6)10(11)12/h2-4,11H,1H3/q-1. The molecule has 12 heavy (non-hydrogen) atoms. The fourth-order valence-electron chi connectivity index (χ4n) is 0.885. The van der Waals surface area contributed by atoms with E-state index in [-0.39, 0.29) is 10.9 Å². The molecule has 0 atom stereocenters. The Balaban J connectivity index is 3.19. The Hall–Kier alpha value is -1.57. The van der Waals surface area contributed by atoms with E-state index in [4.69, 9.17) is 10.5 Å². The molecule has 62 valence electrons. The van der Waals surface area contributed by atoms with Crippen LogP contribution < -0.4 is 5.23 Å². The van der Waals surface area contributed by atoms with Gasteiger partial charge in [-0.3, -0.25) is 5.21 Å². The first-order valence-electron chi connectivity index (χ1n) is 3.32. The average Bonchev–Trinajstić information content (AvgIpc) is 2.05.